The van der Waals surface area contributed by atoms with Crippen LogP contribution in [0, 0.1) is 2.25 Å². The summed E-state index contributed by atoms with van der Waals surface area (Å²) in [5.74, 6) is 0. The van der Waals surface area contributed by atoms with E-state index in [2.05, 4.69) is 15.6 Å². The summed E-state index contributed by atoms with van der Waals surface area (Å²) in [5.41, 5.74) is 0. The molecule has 54 valence electrons. The predicted molar refractivity (Wildman–Crippen MR) is 46.9 cm³/mol. The van der Waals surface area contributed by atoms with Gasteiger partial charge in [-0.25, -0.2) is 0 Å². The molecule has 0 nitrogen and oxygen atoms in total. The van der Waals surface area contributed by atoms with E-state index in [1.807, 2.05) is 11.3 Å². The van der Waals surface area contributed by atoms with Gasteiger partial charge in [0.1, 0.15) is 0 Å². The molecule has 0 aliphatic heterocycles. The van der Waals surface area contributed by atoms with Crippen LogP contribution >= 0.6 is 11.3 Å². The van der Waals surface area contributed by atoms with Gasteiger partial charge in [-0.3, -0.25) is 0 Å². The Bertz CT molecular complexity index is 258. The van der Waals surface area contributed by atoms with Gasteiger partial charge in [0.2, 0.25) is 0 Å². The molecule has 0 amide bonds. The monoisotopic (exact) mass is 284 g/mol. The summed E-state index contributed by atoms with van der Waals surface area (Å²) in [5, 5.41) is 0. The first kappa shape index (κ1) is 7.51. The molecule has 2 rings (SSSR count). The zero-order chi connectivity index (χ0) is 6.97. The molecule has 10 heavy (non-hydrogen) atoms. The first-order chi connectivity index (χ1) is 4.86. The van der Waals surface area contributed by atoms with Crippen molar-refractivity contribution in [3.05, 3.63) is 11.6 Å². The third-order valence-corrected chi connectivity index (χ3v) is 7.14. The zero-order valence-electron chi connectivity index (χ0n) is 5.55. The molecular formula is C7H8SSe2. The maximum absolute atomic E-state index is 3.16. The molecule has 1 aromatic heterocycles. The van der Waals surface area contributed by atoms with Crippen LogP contribution in [0.4, 0.5) is 0 Å². The Hall–Kier alpha value is 0.869. The van der Waals surface area contributed by atoms with Crippen molar-refractivity contribution >= 4 is 41.4 Å². The van der Waals surface area contributed by atoms with Crippen LogP contribution in [0.3, 0.4) is 0 Å². The summed E-state index contributed by atoms with van der Waals surface area (Å²) in [6.07, 6.45) is 5.63. The van der Waals surface area contributed by atoms with Crippen LogP contribution in [-0.2, 0) is 12.8 Å². The fourth-order valence-electron chi connectivity index (χ4n) is 1.29. The Morgan fingerprint density at radius 1 is 1.30 bits per heavy atom. The molecule has 0 saturated carbocycles. The summed E-state index contributed by atoms with van der Waals surface area (Å²) in [7, 11) is 0. The van der Waals surface area contributed by atoms with Gasteiger partial charge in [0.15, 0.2) is 0 Å². The van der Waals surface area contributed by atoms with Gasteiger partial charge >= 0.3 is 78.7 Å². The molecule has 0 aromatic carbocycles. The topological polar surface area (TPSA) is 0 Å². The van der Waals surface area contributed by atoms with Crippen molar-refractivity contribution in [2.45, 2.75) is 25.7 Å². The van der Waals surface area contributed by atoms with Gasteiger partial charge in [0.05, 0.1) is 0 Å². The third-order valence-electron chi connectivity index (χ3n) is 1.78. The molecule has 0 saturated heterocycles. The summed E-state index contributed by atoms with van der Waals surface area (Å²) in [6.45, 7) is 0. The Morgan fingerprint density at radius 2 is 2.10 bits per heavy atom. The number of fused-ring (bicyclic) bond motifs is 1. The molecule has 0 radical (unpaired) electrons. The number of rotatable bonds is 0. The molecule has 0 spiro atoms. The normalized spacial score (nSPS) is 16.8. The Balaban J connectivity index is 2.50. The van der Waals surface area contributed by atoms with Gasteiger partial charge in [-0.2, -0.15) is 0 Å². The van der Waals surface area contributed by atoms with Gasteiger partial charge in [-0.05, 0) is 0 Å². The van der Waals surface area contributed by atoms with Gasteiger partial charge in [0, 0.05) is 0 Å². The van der Waals surface area contributed by atoms with E-state index in [0.717, 1.165) is 14.5 Å². The zero-order valence-corrected chi connectivity index (χ0v) is 9.80. The summed E-state index contributed by atoms with van der Waals surface area (Å²) in [6, 6.07) is 0. The fourth-order valence-corrected chi connectivity index (χ4v) is 7.01. The average molecular weight is 282 g/mol. The summed E-state index contributed by atoms with van der Waals surface area (Å²) in [4.78, 5) is 1.71. The molecule has 1 aromatic rings. The van der Waals surface area contributed by atoms with Crippen LogP contribution in [0.25, 0.3) is 0 Å². The molecule has 1 heterocycles. The van der Waals surface area contributed by atoms with Gasteiger partial charge in [0.25, 0.3) is 0 Å². The van der Waals surface area contributed by atoms with Crippen molar-refractivity contribution in [2.75, 3.05) is 0 Å². The van der Waals surface area contributed by atoms with Crippen molar-refractivity contribution in [2.24, 2.45) is 0 Å². The molecule has 0 atom stereocenters. The predicted octanol–water partition coefficient (Wildman–Crippen LogP) is 1.38. The van der Waals surface area contributed by atoms with Crippen molar-refractivity contribution in [1.29, 1.82) is 0 Å². The summed E-state index contributed by atoms with van der Waals surface area (Å²) >= 11 is 5.90. The van der Waals surface area contributed by atoms with Crippen LogP contribution in [0.5, 0.6) is 0 Å². The molecule has 1 aliphatic carbocycles. The second kappa shape index (κ2) is 3.08. The Labute approximate surface area is 78.4 Å². The molecule has 0 N–H and O–H groups in total. The first-order valence-corrected chi connectivity index (χ1v) is 6.86. The van der Waals surface area contributed by atoms with Crippen molar-refractivity contribution in [3.8, 4) is 0 Å². The van der Waals surface area contributed by atoms with E-state index in [4.69, 9.17) is 0 Å². The van der Waals surface area contributed by atoms with E-state index in [1.54, 1.807) is 11.6 Å². The van der Waals surface area contributed by atoms with Crippen LogP contribution in [0.1, 0.15) is 22.2 Å². The van der Waals surface area contributed by atoms with E-state index >= 15 is 0 Å². The minimum absolute atomic E-state index is 0.723. The Morgan fingerprint density at radius 3 is 2.90 bits per heavy atom. The standard InChI is InChI=1S/C7H8SSe2/c9-7-8-5-3-1-2-4-6(5)10-7/h1-4H2. The van der Waals surface area contributed by atoms with Crippen LogP contribution in [0.15, 0.2) is 0 Å². The van der Waals surface area contributed by atoms with E-state index in [-0.39, 0.29) is 0 Å². The van der Waals surface area contributed by atoms with Crippen LogP contribution < -0.4 is 0 Å². The van der Waals surface area contributed by atoms with E-state index in [1.165, 1.54) is 25.7 Å². The van der Waals surface area contributed by atoms with E-state index in [0.29, 0.717) is 0 Å². The molecule has 3 heteroatoms. The average Bonchev–Trinajstić information content (AvgIpc) is 2.27. The van der Waals surface area contributed by atoms with Crippen LogP contribution in [-0.4, -0.2) is 30.1 Å². The second-order valence-electron chi connectivity index (χ2n) is 2.51. The second-order valence-corrected chi connectivity index (χ2v) is 9.26. The van der Waals surface area contributed by atoms with Gasteiger partial charge in [-0.15, -0.1) is 0 Å². The molecule has 0 bridgehead atoms. The SMILES string of the molecule is [Se]=c1sc2c([se]1)CCCC2. The Kier molecular flexibility index (Phi) is 2.32. The molecule has 0 fully saturated rings. The molecule has 0 unspecified atom stereocenters. The summed E-state index contributed by atoms with van der Waals surface area (Å²) < 4.78 is 3.34. The van der Waals surface area contributed by atoms with Gasteiger partial charge < -0.3 is 0 Å². The van der Waals surface area contributed by atoms with E-state index < -0.39 is 0 Å². The number of hydrogen-bond acceptors (Lipinski definition) is 1. The van der Waals surface area contributed by atoms with Crippen LogP contribution in [0.2, 0.25) is 0 Å². The fraction of sp³-hybridized carbons (Fsp3) is 0.571. The first-order valence-electron chi connectivity index (χ1n) is 3.48. The third kappa shape index (κ3) is 1.39. The van der Waals surface area contributed by atoms with Crippen molar-refractivity contribution in [1.82, 2.24) is 0 Å². The van der Waals surface area contributed by atoms with Crippen molar-refractivity contribution < 1.29 is 0 Å². The minimum atomic E-state index is 0.723. The molecule has 1 aliphatic rings. The maximum atomic E-state index is 3.16. The number of aryl methyl sites for hydroxylation is 2. The van der Waals surface area contributed by atoms with Crippen molar-refractivity contribution in [3.63, 3.8) is 0 Å². The quantitative estimate of drug-likeness (QED) is 0.631. The number of hydrogen-bond donors (Lipinski definition) is 0. The molecular weight excluding hydrogens is 274 g/mol. The van der Waals surface area contributed by atoms with E-state index in [9.17, 15) is 0 Å². The van der Waals surface area contributed by atoms with Gasteiger partial charge in [-0.1, -0.05) is 0 Å².